The van der Waals surface area contributed by atoms with Crippen LogP contribution in [-0.4, -0.2) is 29.9 Å². The molecule has 1 heterocycles. The molecule has 1 unspecified atom stereocenters. The minimum absolute atomic E-state index is 0.0915. The summed E-state index contributed by atoms with van der Waals surface area (Å²) in [5, 5.41) is 0. The molecule has 0 saturated carbocycles. The molecule has 4 heteroatoms. The largest absolute Gasteiger partial charge is 0.335 e. The van der Waals surface area contributed by atoms with Crippen LogP contribution in [0.15, 0.2) is 30.3 Å². The number of likely N-dealkylation sites (tertiary alicyclic amines) is 1. The Morgan fingerprint density at radius 1 is 1.50 bits per heavy atom. The summed E-state index contributed by atoms with van der Waals surface area (Å²) in [7, 11) is 0. The van der Waals surface area contributed by atoms with Crippen LogP contribution in [0, 0.1) is 5.82 Å². The number of carbonyl (C=O) groups excluding carboxylic acids is 1. The molecule has 3 nitrogen and oxygen atoms in total. The first-order valence-corrected chi connectivity index (χ1v) is 6.15. The van der Waals surface area contributed by atoms with Gasteiger partial charge in [0.05, 0.1) is 0 Å². The maximum absolute atomic E-state index is 13.4. The Morgan fingerprint density at radius 2 is 2.28 bits per heavy atom. The molecule has 1 fully saturated rings. The van der Waals surface area contributed by atoms with Gasteiger partial charge >= 0.3 is 0 Å². The van der Waals surface area contributed by atoms with Gasteiger partial charge in [-0.05, 0) is 25.0 Å². The number of hydrogen-bond acceptors (Lipinski definition) is 2. The van der Waals surface area contributed by atoms with Gasteiger partial charge in [0.25, 0.3) is 0 Å². The maximum Gasteiger partial charge on any atom is 0.246 e. The van der Waals surface area contributed by atoms with E-state index in [0.29, 0.717) is 12.1 Å². The van der Waals surface area contributed by atoms with Crippen LogP contribution in [0.4, 0.5) is 4.39 Å². The van der Waals surface area contributed by atoms with E-state index < -0.39 is 0 Å². The molecule has 1 aliphatic heterocycles. The first-order valence-electron chi connectivity index (χ1n) is 6.15. The Labute approximate surface area is 106 Å². The smallest absolute Gasteiger partial charge is 0.246 e. The molecule has 0 spiro atoms. The van der Waals surface area contributed by atoms with E-state index in [-0.39, 0.29) is 17.8 Å². The second-order valence-corrected chi connectivity index (χ2v) is 4.42. The van der Waals surface area contributed by atoms with Crippen LogP contribution in [0.5, 0.6) is 0 Å². The fourth-order valence-corrected chi connectivity index (χ4v) is 2.24. The van der Waals surface area contributed by atoms with Crippen molar-refractivity contribution >= 4 is 12.0 Å². The lowest BCUT2D eigenvalue weighted by atomic mass is 10.2. The number of amides is 1. The number of rotatable bonds is 3. The second-order valence-electron chi connectivity index (χ2n) is 4.42. The SMILES string of the molecule is NCC1CCCN1C(=O)/C=C/c1ccccc1F. The number of nitrogens with zero attached hydrogens (tertiary/aromatic N) is 1. The van der Waals surface area contributed by atoms with Gasteiger partial charge in [0.2, 0.25) is 5.91 Å². The van der Waals surface area contributed by atoms with Crippen molar-refractivity contribution in [2.24, 2.45) is 5.73 Å². The molecule has 96 valence electrons. The van der Waals surface area contributed by atoms with Crippen LogP contribution in [0.1, 0.15) is 18.4 Å². The number of benzene rings is 1. The monoisotopic (exact) mass is 248 g/mol. The molecule has 1 atom stereocenters. The standard InChI is InChI=1S/C14H17FN2O/c15-13-6-2-1-4-11(13)7-8-14(18)17-9-3-5-12(17)10-16/h1-2,4,6-8,12H,3,5,9-10,16H2/b8-7+. The summed E-state index contributed by atoms with van der Waals surface area (Å²) in [6.45, 7) is 1.22. The summed E-state index contributed by atoms with van der Waals surface area (Å²) in [6, 6.07) is 6.51. The van der Waals surface area contributed by atoms with E-state index in [2.05, 4.69) is 0 Å². The van der Waals surface area contributed by atoms with Gasteiger partial charge in [-0.25, -0.2) is 4.39 Å². The highest BCUT2D eigenvalue weighted by Crippen LogP contribution is 2.17. The van der Waals surface area contributed by atoms with Crippen molar-refractivity contribution in [3.63, 3.8) is 0 Å². The Morgan fingerprint density at radius 3 is 3.00 bits per heavy atom. The summed E-state index contributed by atoms with van der Waals surface area (Å²) in [4.78, 5) is 13.7. The molecule has 0 aliphatic carbocycles. The van der Waals surface area contributed by atoms with Crippen LogP contribution in [0.25, 0.3) is 6.08 Å². The molecule has 0 aromatic heterocycles. The van der Waals surface area contributed by atoms with Crippen molar-refractivity contribution in [3.05, 3.63) is 41.7 Å². The van der Waals surface area contributed by atoms with Gasteiger partial charge in [-0.1, -0.05) is 18.2 Å². The predicted molar refractivity (Wildman–Crippen MR) is 69.2 cm³/mol. The normalized spacial score (nSPS) is 19.7. The van der Waals surface area contributed by atoms with Gasteiger partial charge < -0.3 is 10.6 Å². The molecule has 0 radical (unpaired) electrons. The zero-order chi connectivity index (χ0) is 13.0. The van der Waals surface area contributed by atoms with Crippen LogP contribution in [-0.2, 0) is 4.79 Å². The minimum Gasteiger partial charge on any atom is -0.335 e. The Bertz CT molecular complexity index is 459. The fourth-order valence-electron chi connectivity index (χ4n) is 2.24. The van der Waals surface area contributed by atoms with Crippen LogP contribution in [0.3, 0.4) is 0 Å². The topological polar surface area (TPSA) is 46.3 Å². The minimum atomic E-state index is -0.321. The molecule has 2 N–H and O–H groups in total. The molecule has 1 saturated heterocycles. The predicted octanol–water partition coefficient (Wildman–Crippen LogP) is 1.79. The lowest BCUT2D eigenvalue weighted by Gasteiger charge is -2.21. The Hall–Kier alpha value is -1.68. The third kappa shape index (κ3) is 2.76. The average Bonchev–Trinajstić information content (AvgIpc) is 2.86. The summed E-state index contributed by atoms with van der Waals surface area (Å²) in [6.07, 6.45) is 4.88. The Kier molecular flexibility index (Phi) is 4.10. The molecule has 1 aromatic rings. The van der Waals surface area contributed by atoms with Crippen molar-refractivity contribution in [2.75, 3.05) is 13.1 Å². The number of carbonyl (C=O) groups is 1. The number of hydrogen-bond donors (Lipinski definition) is 1. The summed E-state index contributed by atoms with van der Waals surface area (Å²) in [5.41, 5.74) is 6.04. The highest BCUT2D eigenvalue weighted by molar-refractivity contribution is 5.92. The summed E-state index contributed by atoms with van der Waals surface area (Å²) >= 11 is 0. The van der Waals surface area contributed by atoms with Gasteiger partial charge in [0.15, 0.2) is 0 Å². The number of nitrogens with two attached hydrogens (primary N) is 1. The zero-order valence-electron chi connectivity index (χ0n) is 10.2. The first kappa shape index (κ1) is 12.8. The Balaban J connectivity index is 2.05. The molecule has 2 rings (SSSR count). The van der Waals surface area contributed by atoms with Crippen LogP contribution < -0.4 is 5.73 Å². The third-order valence-corrected chi connectivity index (χ3v) is 3.24. The van der Waals surface area contributed by atoms with Crippen molar-refractivity contribution in [1.82, 2.24) is 4.90 Å². The second kappa shape index (κ2) is 5.78. The van der Waals surface area contributed by atoms with E-state index in [1.165, 1.54) is 18.2 Å². The van der Waals surface area contributed by atoms with Crippen molar-refractivity contribution in [3.8, 4) is 0 Å². The highest BCUT2D eigenvalue weighted by Gasteiger charge is 2.25. The van der Waals surface area contributed by atoms with Gasteiger partial charge in [-0.15, -0.1) is 0 Å². The van der Waals surface area contributed by atoms with E-state index in [9.17, 15) is 9.18 Å². The summed E-state index contributed by atoms with van der Waals surface area (Å²) in [5.74, 6) is -0.412. The van der Waals surface area contributed by atoms with Crippen LogP contribution in [0.2, 0.25) is 0 Å². The average molecular weight is 248 g/mol. The molecule has 1 aliphatic rings. The lowest BCUT2D eigenvalue weighted by Crippen LogP contribution is -2.38. The molecule has 1 aromatic carbocycles. The molecule has 1 amide bonds. The highest BCUT2D eigenvalue weighted by atomic mass is 19.1. The molecular formula is C14H17FN2O. The van der Waals surface area contributed by atoms with Gasteiger partial charge in [-0.3, -0.25) is 4.79 Å². The first-order chi connectivity index (χ1) is 8.72. The summed E-state index contributed by atoms with van der Waals surface area (Å²) < 4.78 is 13.4. The van der Waals surface area contributed by atoms with E-state index in [1.807, 2.05) is 0 Å². The van der Waals surface area contributed by atoms with Gasteiger partial charge in [-0.2, -0.15) is 0 Å². The van der Waals surface area contributed by atoms with Crippen molar-refractivity contribution in [2.45, 2.75) is 18.9 Å². The van der Waals surface area contributed by atoms with Crippen molar-refractivity contribution < 1.29 is 9.18 Å². The zero-order valence-corrected chi connectivity index (χ0v) is 10.2. The maximum atomic E-state index is 13.4. The van der Waals surface area contributed by atoms with E-state index in [1.54, 1.807) is 23.1 Å². The lowest BCUT2D eigenvalue weighted by molar-refractivity contribution is -0.126. The molecule has 0 bridgehead atoms. The van der Waals surface area contributed by atoms with Gasteiger partial charge in [0, 0.05) is 30.8 Å². The quantitative estimate of drug-likeness (QED) is 0.829. The van der Waals surface area contributed by atoms with E-state index in [4.69, 9.17) is 5.73 Å². The number of halogens is 1. The van der Waals surface area contributed by atoms with E-state index in [0.717, 1.165) is 19.4 Å². The molecule has 18 heavy (non-hydrogen) atoms. The van der Waals surface area contributed by atoms with Gasteiger partial charge in [0.1, 0.15) is 5.82 Å². The molecular weight excluding hydrogens is 231 g/mol. The van der Waals surface area contributed by atoms with E-state index >= 15 is 0 Å². The third-order valence-electron chi connectivity index (χ3n) is 3.24. The van der Waals surface area contributed by atoms with Crippen LogP contribution >= 0.6 is 0 Å². The fraction of sp³-hybridized carbons (Fsp3) is 0.357. The van der Waals surface area contributed by atoms with Crippen molar-refractivity contribution in [1.29, 1.82) is 0 Å².